The Hall–Kier alpha value is -1.01. The summed E-state index contributed by atoms with van der Waals surface area (Å²) in [6, 6.07) is 5.09. The first-order valence-electron chi connectivity index (χ1n) is 7.21. The number of hydrogen-bond donors (Lipinski definition) is 1. The Kier molecular flexibility index (Phi) is 6.32. The number of nitrogens with zero attached hydrogens (tertiary/aromatic N) is 2. The summed E-state index contributed by atoms with van der Waals surface area (Å²) in [5.41, 5.74) is 0. The highest BCUT2D eigenvalue weighted by Crippen LogP contribution is 2.24. The van der Waals surface area contributed by atoms with Crippen molar-refractivity contribution in [3.63, 3.8) is 0 Å². The van der Waals surface area contributed by atoms with Gasteiger partial charge in [0.1, 0.15) is 5.75 Å². The molecule has 0 unspecified atom stereocenters. The number of hydrogen-bond acceptors (Lipinski definition) is 4. The molecule has 1 heterocycles. The zero-order valence-electron chi connectivity index (χ0n) is 12.5. The Morgan fingerprint density at radius 3 is 2.59 bits per heavy atom. The van der Waals surface area contributed by atoms with Gasteiger partial charge in [-0.2, -0.15) is 0 Å². The number of carbonyl (C=O) groups is 1. The zero-order valence-corrected chi connectivity index (χ0v) is 14.0. The van der Waals surface area contributed by atoms with Gasteiger partial charge in [-0.3, -0.25) is 9.69 Å². The first-order valence-corrected chi connectivity index (χ1v) is 7.96. The van der Waals surface area contributed by atoms with E-state index < -0.39 is 0 Å². The van der Waals surface area contributed by atoms with Gasteiger partial charge in [0.2, 0.25) is 0 Å². The number of amides is 1. The third kappa shape index (κ3) is 4.74. The number of aliphatic hydroxyl groups is 1. The molecule has 2 rings (SSSR count). The summed E-state index contributed by atoms with van der Waals surface area (Å²) in [7, 11) is 0. The number of halogens is 2. The molecule has 7 heteroatoms. The second-order valence-corrected chi connectivity index (χ2v) is 6.22. The van der Waals surface area contributed by atoms with Crippen LogP contribution in [0.15, 0.2) is 18.2 Å². The molecule has 0 aliphatic carbocycles. The Morgan fingerprint density at radius 1 is 1.32 bits per heavy atom. The second kappa shape index (κ2) is 8.02. The normalized spacial score (nSPS) is 19.3. The van der Waals surface area contributed by atoms with Crippen LogP contribution < -0.4 is 4.74 Å². The molecule has 0 aromatic heterocycles. The van der Waals surface area contributed by atoms with Crippen molar-refractivity contribution in [2.75, 3.05) is 39.4 Å². The number of piperazine rings is 1. The van der Waals surface area contributed by atoms with Crippen molar-refractivity contribution < 1.29 is 14.6 Å². The molecule has 1 aliphatic heterocycles. The molecule has 122 valence electrons. The van der Waals surface area contributed by atoms with Gasteiger partial charge in [-0.1, -0.05) is 23.2 Å². The van der Waals surface area contributed by atoms with Crippen molar-refractivity contribution in [3.8, 4) is 5.75 Å². The SMILES string of the molecule is C[C@@H]1CN(C(=O)COc2cc(Cl)cc(Cl)c2)CCN1CCO. The number of benzene rings is 1. The van der Waals surface area contributed by atoms with Crippen molar-refractivity contribution in [2.45, 2.75) is 13.0 Å². The minimum atomic E-state index is -0.0633. The Labute approximate surface area is 140 Å². The third-order valence-corrected chi connectivity index (χ3v) is 4.14. The van der Waals surface area contributed by atoms with Gasteiger partial charge >= 0.3 is 0 Å². The molecule has 1 aliphatic rings. The van der Waals surface area contributed by atoms with Crippen LogP contribution in [0.2, 0.25) is 10.0 Å². The molecule has 1 aromatic rings. The van der Waals surface area contributed by atoms with E-state index in [-0.39, 0.29) is 25.2 Å². The fourth-order valence-electron chi connectivity index (χ4n) is 2.53. The van der Waals surface area contributed by atoms with E-state index in [4.69, 9.17) is 33.0 Å². The standard InChI is InChI=1S/C15H20Cl2N2O3/c1-11-9-19(3-2-18(11)4-5-20)15(21)10-22-14-7-12(16)6-13(17)8-14/h6-8,11,20H,2-5,9-10H2,1H3/t11-/m1/s1. The molecular weight excluding hydrogens is 327 g/mol. The largest absolute Gasteiger partial charge is 0.484 e. The van der Waals surface area contributed by atoms with Gasteiger partial charge in [-0.05, 0) is 25.1 Å². The highest BCUT2D eigenvalue weighted by atomic mass is 35.5. The molecule has 1 fully saturated rings. The number of aliphatic hydroxyl groups excluding tert-OH is 1. The molecule has 5 nitrogen and oxygen atoms in total. The van der Waals surface area contributed by atoms with Gasteiger partial charge in [0.15, 0.2) is 6.61 Å². The lowest BCUT2D eigenvalue weighted by Crippen LogP contribution is -2.55. The molecule has 1 atom stereocenters. The van der Waals surface area contributed by atoms with E-state index in [1.54, 1.807) is 23.1 Å². The highest BCUT2D eigenvalue weighted by molar-refractivity contribution is 6.34. The van der Waals surface area contributed by atoms with Crippen LogP contribution in [-0.4, -0.2) is 66.2 Å². The van der Waals surface area contributed by atoms with Crippen molar-refractivity contribution in [3.05, 3.63) is 28.2 Å². The van der Waals surface area contributed by atoms with E-state index in [2.05, 4.69) is 4.90 Å². The summed E-state index contributed by atoms with van der Waals surface area (Å²) in [5, 5.41) is 9.95. The van der Waals surface area contributed by atoms with Crippen molar-refractivity contribution >= 4 is 29.1 Å². The fourth-order valence-corrected chi connectivity index (χ4v) is 3.04. The predicted molar refractivity (Wildman–Crippen MR) is 86.7 cm³/mol. The maximum absolute atomic E-state index is 12.2. The van der Waals surface area contributed by atoms with Gasteiger partial charge in [0.05, 0.1) is 6.61 Å². The van der Waals surface area contributed by atoms with Crippen molar-refractivity contribution in [1.29, 1.82) is 0 Å². The minimum Gasteiger partial charge on any atom is -0.484 e. The lowest BCUT2D eigenvalue weighted by Gasteiger charge is -2.39. The second-order valence-electron chi connectivity index (χ2n) is 5.34. The van der Waals surface area contributed by atoms with Crippen LogP contribution in [0.3, 0.4) is 0 Å². The highest BCUT2D eigenvalue weighted by Gasteiger charge is 2.26. The maximum atomic E-state index is 12.2. The molecule has 1 N–H and O–H groups in total. The van der Waals surface area contributed by atoms with Crippen LogP contribution in [0.1, 0.15) is 6.92 Å². The summed E-state index contributed by atoms with van der Waals surface area (Å²) in [5.74, 6) is 0.421. The van der Waals surface area contributed by atoms with Gasteiger partial charge in [0, 0.05) is 42.3 Å². The van der Waals surface area contributed by atoms with Crippen LogP contribution in [-0.2, 0) is 4.79 Å². The van der Waals surface area contributed by atoms with Crippen molar-refractivity contribution in [1.82, 2.24) is 9.80 Å². The number of carbonyl (C=O) groups excluding carboxylic acids is 1. The van der Waals surface area contributed by atoms with Gasteiger partial charge in [-0.15, -0.1) is 0 Å². The van der Waals surface area contributed by atoms with E-state index in [1.807, 2.05) is 6.92 Å². The van der Waals surface area contributed by atoms with Gasteiger partial charge < -0.3 is 14.7 Å². The summed E-state index contributed by atoms with van der Waals surface area (Å²) < 4.78 is 5.48. The van der Waals surface area contributed by atoms with Crippen LogP contribution in [0.4, 0.5) is 0 Å². The topological polar surface area (TPSA) is 53.0 Å². The molecule has 1 aromatic carbocycles. The predicted octanol–water partition coefficient (Wildman–Crippen LogP) is 1.90. The molecule has 1 saturated heterocycles. The summed E-state index contributed by atoms with van der Waals surface area (Å²) in [6.45, 7) is 4.82. The Morgan fingerprint density at radius 2 is 2.00 bits per heavy atom. The lowest BCUT2D eigenvalue weighted by atomic mass is 10.2. The number of rotatable bonds is 5. The molecule has 1 amide bonds. The quantitative estimate of drug-likeness (QED) is 0.884. The summed E-state index contributed by atoms with van der Waals surface area (Å²) >= 11 is 11.8. The van der Waals surface area contributed by atoms with Crippen LogP contribution >= 0.6 is 23.2 Å². The molecule has 0 saturated carbocycles. The molecular formula is C15H20Cl2N2O3. The van der Waals surface area contributed by atoms with Gasteiger partial charge in [0.25, 0.3) is 5.91 Å². The molecule has 0 spiro atoms. The fraction of sp³-hybridized carbons (Fsp3) is 0.533. The van der Waals surface area contributed by atoms with Crippen LogP contribution in [0, 0.1) is 0 Å². The van der Waals surface area contributed by atoms with E-state index in [0.717, 1.165) is 6.54 Å². The number of β-amino-alcohol motifs (C(OH)–C–C–N with tert-alkyl or cyclic N) is 1. The average Bonchev–Trinajstić information content (AvgIpc) is 2.46. The Bertz CT molecular complexity index is 507. The minimum absolute atomic E-state index is 0.0383. The first kappa shape index (κ1) is 17.3. The monoisotopic (exact) mass is 346 g/mol. The maximum Gasteiger partial charge on any atom is 0.260 e. The van der Waals surface area contributed by atoms with Gasteiger partial charge in [-0.25, -0.2) is 0 Å². The van der Waals surface area contributed by atoms with E-state index in [1.165, 1.54) is 0 Å². The lowest BCUT2D eigenvalue weighted by molar-refractivity contribution is -0.136. The molecule has 22 heavy (non-hydrogen) atoms. The first-order chi connectivity index (χ1) is 10.5. The smallest absolute Gasteiger partial charge is 0.260 e. The van der Waals surface area contributed by atoms with E-state index in [9.17, 15) is 4.79 Å². The molecule has 0 bridgehead atoms. The average molecular weight is 347 g/mol. The number of ether oxygens (including phenoxy) is 1. The van der Waals surface area contributed by atoms with Crippen LogP contribution in [0.5, 0.6) is 5.75 Å². The zero-order chi connectivity index (χ0) is 16.1. The third-order valence-electron chi connectivity index (χ3n) is 3.70. The van der Waals surface area contributed by atoms with Crippen LogP contribution in [0.25, 0.3) is 0 Å². The Balaban J connectivity index is 1.85. The van der Waals surface area contributed by atoms with E-state index >= 15 is 0 Å². The summed E-state index contributed by atoms with van der Waals surface area (Å²) in [4.78, 5) is 16.2. The van der Waals surface area contributed by atoms with E-state index in [0.29, 0.717) is 35.4 Å². The van der Waals surface area contributed by atoms with Crippen molar-refractivity contribution in [2.24, 2.45) is 0 Å². The molecule has 0 radical (unpaired) electrons. The summed E-state index contributed by atoms with van der Waals surface area (Å²) in [6.07, 6.45) is 0.